The summed E-state index contributed by atoms with van der Waals surface area (Å²) in [6, 6.07) is 13.4. The van der Waals surface area contributed by atoms with Gasteiger partial charge in [0.1, 0.15) is 0 Å². The second-order valence-corrected chi connectivity index (χ2v) is 9.51. The molecule has 1 aromatic heterocycles. The Balaban J connectivity index is 1.30. The van der Waals surface area contributed by atoms with Crippen LogP contribution in [0.2, 0.25) is 0 Å². The fraction of sp³-hybridized carbons (Fsp3) is 0.522. The standard InChI is InChI=1S/C23H29N3O2S/c1-16-22(17-7-9-25(16)10-8-17)24-23(27)21-6-5-20(29-21)18-3-2-4-19(15-18)26-11-13-28-14-12-26/h2-6,15-17,22H,7-14H2,1H3,(H,24,27). The fourth-order valence-electron chi connectivity index (χ4n) is 5.06. The number of anilines is 1. The maximum Gasteiger partial charge on any atom is 0.261 e. The number of carbonyl (C=O) groups is 1. The van der Waals surface area contributed by atoms with Crippen molar-refractivity contribution >= 4 is 22.9 Å². The van der Waals surface area contributed by atoms with Crippen LogP contribution < -0.4 is 10.2 Å². The number of fused-ring (bicyclic) bond motifs is 3. The Morgan fingerprint density at radius 1 is 1.10 bits per heavy atom. The molecule has 0 spiro atoms. The molecule has 1 aromatic carbocycles. The predicted molar refractivity (Wildman–Crippen MR) is 118 cm³/mol. The number of hydrogen-bond acceptors (Lipinski definition) is 5. The quantitative estimate of drug-likeness (QED) is 0.837. The van der Waals surface area contributed by atoms with E-state index in [1.54, 1.807) is 11.3 Å². The molecule has 2 atom stereocenters. The number of amides is 1. The maximum atomic E-state index is 13.0. The lowest BCUT2D eigenvalue weighted by Crippen LogP contribution is -2.62. The molecule has 1 N–H and O–H groups in total. The zero-order valence-electron chi connectivity index (χ0n) is 17.0. The molecule has 4 saturated heterocycles. The Bertz CT molecular complexity index is 867. The van der Waals surface area contributed by atoms with Crippen molar-refractivity contribution in [3.63, 3.8) is 0 Å². The lowest BCUT2D eigenvalue weighted by Gasteiger charge is -2.49. The van der Waals surface area contributed by atoms with Crippen LogP contribution in [-0.4, -0.2) is 62.3 Å². The molecule has 4 aliphatic rings. The number of benzene rings is 1. The van der Waals surface area contributed by atoms with Gasteiger partial charge in [0.2, 0.25) is 0 Å². The van der Waals surface area contributed by atoms with Gasteiger partial charge in [0.05, 0.1) is 18.1 Å². The number of morpholine rings is 1. The molecule has 5 nitrogen and oxygen atoms in total. The van der Waals surface area contributed by atoms with Crippen LogP contribution in [0, 0.1) is 5.92 Å². The summed E-state index contributed by atoms with van der Waals surface area (Å²) in [5, 5.41) is 3.35. The number of nitrogens with zero attached hydrogens (tertiary/aromatic N) is 2. The van der Waals surface area contributed by atoms with Gasteiger partial charge in [-0.2, -0.15) is 0 Å². The third-order valence-corrected chi connectivity index (χ3v) is 7.95. The highest BCUT2D eigenvalue weighted by Gasteiger charge is 2.40. The molecule has 0 aliphatic carbocycles. The molecule has 0 saturated carbocycles. The third kappa shape index (κ3) is 3.81. The van der Waals surface area contributed by atoms with E-state index in [-0.39, 0.29) is 11.9 Å². The van der Waals surface area contributed by atoms with E-state index >= 15 is 0 Å². The van der Waals surface area contributed by atoms with E-state index in [1.807, 2.05) is 6.07 Å². The first-order valence-electron chi connectivity index (χ1n) is 10.8. The number of rotatable bonds is 4. The van der Waals surface area contributed by atoms with Crippen LogP contribution in [0.3, 0.4) is 0 Å². The van der Waals surface area contributed by atoms with Gasteiger partial charge in [-0.1, -0.05) is 12.1 Å². The molecular formula is C23H29N3O2S. The SMILES string of the molecule is CC1C(NC(=O)c2ccc(-c3cccc(N4CCOCC4)c3)s2)C2CCN1CC2. The van der Waals surface area contributed by atoms with Gasteiger partial charge in [0.25, 0.3) is 5.91 Å². The van der Waals surface area contributed by atoms with E-state index in [4.69, 9.17) is 4.74 Å². The van der Waals surface area contributed by atoms with Crippen molar-refractivity contribution in [1.82, 2.24) is 10.2 Å². The van der Waals surface area contributed by atoms with E-state index in [1.165, 1.54) is 37.2 Å². The molecule has 2 bridgehead atoms. The van der Waals surface area contributed by atoms with Crippen molar-refractivity contribution in [2.24, 2.45) is 5.92 Å². The zero-order valence-corrected chi connectivity index (χ0v) is 17.8. The Morgan fingerprint density at radius 3 is 2.66 bits per heavy atom. The first-order valence-corrected chi connectivity index (χ1v) is 11.6. The summed E-state index contributed by atoms with van der Waals surface area (Å²) in [4.78, 5) is 19.8. The number of carbonyl (C=O) groups excluding carboxylic acids is 1. The van der Waals surface area contributed by atoms with Crippen LogP contribution in [0.4, 0.5) is 5.69 Å². The Morgan fingerprint density at radius 2 is 1.90 bits per heavy atom. The first kappa shape index (κ1) is 19.1. The molecule has 2 aromatic rings. The lowest BCUT2D eigenvalue weighted by atomic mass is 9.79. The van der Waals surface area contributed by atoms with E-state index in [0.717, 1.165) is 36.1 Å². The predicted octanol–water partition coefficient (Wildman–Crippen LogP) is 3.46. The Kier molecular flexibility index (Phi) is 5.33. The topological polar surface area (TPSA) is 44.8 Å². The minimum absolute atomic E-state index is 0.0798. The van der Waals surface area contributed by atoms with Crippen LogP contribution in [-0.2, 0) is 4.74 Å². The highest BCUT2D eigenvalue weighted by Crippen LogP contribution is 2.34. The third-order valence-electron chi connectivity index (χ3n) is 6.81. The minimum atomic E-state index is 0.0798. The molecule has 5 heterocycles. The molecule has 6 rings (SSSR count). The Hall–Kier alpha value is -1.89. The van der Waals surface area contributed by atoms with E-state index < -0.39 is 0 Å². The van der Waals surface area contributed by atoms with Gasteiger partial charge in [0.15, 0.2) is 0 Å². The average Bonchev–Trinajstić information content (AvgIpc) is 3.28. The van der Waals surface area contributed by atoms with Crippen molar-refractivity contribution in [1.29, 1.82) is 0 Å². The Labute approximate surface area is 176 Å². The summed E-state index contributed by atoms with van der Waals surface area (Å²) in [5.41, 5.74) is 2.40. The molecule has 0 radical (unpaired) electrons. The maximum absolute atomic E-state index is 13.0. The van der Waals surface area contributed by atoms with Gasteiger partial charge in [0, 0.05) is 35.7 Å². The highest BCUT2D eigenvalue weighted by atomic mass is 32.1. The number of piperidine rings is 3. The number of ether oxygens (including phenoxy) is 1. The molecule has 2 unspecified atom stereocenters. The number of thiophene rings is 1. The molecule has 4 aliphatic heterocycles. The number of hydrogen-bond donors (Lipinski definition) is 1. The summed E-state index contributed by atoms with van der Waals surface area (Å²) in [6.45, 7) is 8.05. The van der Waals surface area contributed by atoms with Gasteiger partial charge in [-0.25, -0.2) is 0 Å². The largest absolute Gasteiger partial charge is 0.378 e. The molecular weight excluding hydrogens is 382 g/mol. The minimum Gasteiger partial charge on any atom is -0.378 e. The van der Waals surface area contributed by atoms with Crippen molar-refractivity contribution in [2.45, 2.75) is 31.8 Å². The molecule has 6 heteroatoms. The second-order valence-electron chi connectivity index (χ2n) is 8.43. The smallest absolute Gasteiger partial charge is 0.261 e. The van der Waals surface area contributed by atoms with E-state index in [9.17, 15) is 4.79 Å². The van der Waals surface area contributed by atoms with E-state index in [2.05, 4.69) is 52.4 Å². The van der Waals surface area contributed by atoms with Gasteiger partial charge in [-0.15, -0.1) is 11.3 Å². The summed E-state index contributed by atoms with van der Waals surface area (Å²) in [7, 11) is 0. The van der Waals surface area contributed by atoms with Crippen LogP contribution in [0.5, 0.6) is 0 Å². The highest BCUT2D eigenvalue weighted by molar-refractivity contribution is 7.17. The van der Waals surface area contributed by atoms with Crippen LogP contribution in [0.25, 0.3) is 10.4 Å². The summed E-state index contributed by atoms with van der Waals surface area (Å²) >= 11 is 1.59. The second kappa shape index (κ2) is 8.09. The summed E-state index contributed by atoms with van der Waals surface area (Å²) in [5.74, 6) is 0.708. The van der Waals surface area contributed by atoms with Gasteiger partial charge >= 0.3 is 0 Å². The number of nitrogens with one attached hydrogen (secondary N) is 1. The molecule has 29 heavy (non-hydrogen) atoms. The van der Waals surface area contributed by atoms with Gasteiger partial charge < -0.3 is 15.0 Å². The normalized spacial score (nSPS) is 29.1. The van der Waals surface area contributed by atoms with Crippen LogP contribution in [0.15, 0.2) is 36.4 Å². The van der Waals surface area contributed by atoms with Crippen molar-refractivity contribution in [3.8, 4) is 10.4 Å². The fourth-order valence-corrected chi connectivity index (χ4v) is 5.97. The zero-order chi connectivity index (χ0) is 19.8. The summed E-state index contributed by atoms with van der Waals surface area (Å²) in [6.07, 6.45) is 2.42. The summed E-state index contributed by atoms with van der Waals surface area (Å²) < 4.78 is 5.47. The van der Waals surface area contributed by atoms with Gasteiger partial charge in [-0.05, 0) is 68.6 Å². The average molecular weight is 412 g/mol. The molecule has 154 valence electrons. The van der Waals surface area contributed by atoms with Crippen LogP contribution in [0.1, 0.15) is 29.4 Å². The van der Waals surface area contributed by atoms with Crippen LogP contribution >= 0.6 is 11.3 Å². The van der Waals surface area contributed by atoms with E-state index in [0.29, 0.717) is 12.0 Å². The van der Waals surface area contributed by atoms with Crippen molar-refractivity contribution in [3.05, 3.63) is 41.3 Å². The van der Waals surface area contributed by atoms with Crippen molar-refractivity contribution < 1.29 is 9.53 Å². The first-order chi connectivity index (χ1) is 14.2. The molecule has 4 fully saturated rings. The monoisotopic (exact) mass is 411 g/mol. The van der Waals surface area contributed by atoms with Gasteiger partial charge in [-0.3, -0.25) is 9.69 Å². The molecule has 1 amide bonds. The van der Waals surface area contributed by atoms with Crippen molar-refractivity contribution in [2.75, 3.05) is 44.3 Å². The lowest BCUT2D eigenvalue weighted by molar-refractivity contribution is 0.0218.